The van der Waals surface area contributed by atoms with Crippen molar-refractivity contribution in [3.8, 4) is 0 Å². The number of ketones is 1. The molecule has 0 bridgehead atoms. The van der Waals surface area contributed by atoms with Gasteiger partial charge < -0.3 is 14.6 Å². The van der Waals surface area contributed by atoms with Crippen molar-refractivity contribution in [2.75, 3.05) is 13.2 Å². The molecule has 0 aromatic rings. The summed E-state index contributed by atoms with van der Waals surface area (Å²) in [7, 11) is 0. The zero-order valence-electron chi connectivity index (χ0n) is 28.3. The van der Waals surface area contributed by atoms with Crippen LogP contribution in [0.5, 0.6) is 0 Å². The van der Waals surface area contributed by atoms with Gasteiger partial charge >= 0.3 is 11.9 Å². The third kappa shape index (κ3) is 29.6. The second-order valence-corrected chi connectivity index (χ2v) is 11.9. The van der Waals surface area contributed by atoms with Crippen LogP contribution in [-0.2, 0) is 23.9 Å². The van der Waals surface area contributed by atoms with E-state index < -0.39 is 18.7 Å². The van der Waals surface area contributed by atoms with E-state index >= 15 is 0 Å². The molecule has 0 radical (unpaired) electrons. The maximum atomic E-state index is 12.1. The number of carbonyl (C=O) groups excluding carboxylic acids is 3. The molecule has 0 heterocycles. The zero-order chi connectivity index (χ0) is 32.5. The van der Waals surface area contributed by atoms with Crippen LogP contribution in [0, 0.1) is 5.92 Å². The van der Waals surface area contributed by atoms with E-state index in [0.29, 0.717) is 12.8 Å². The number of rotatable bonds is 30. The molecule has 44 heavy (non-hydrogen) atoms. The third-order valence-corrected chi connectivity index (χ3v) is 7.64. The van der Waals surface area contributed by atoms with Crippen LogP contribution in [0.4, 0.5) is 0 Å². The molecule has 0 aliphatic carbocycles. The summed E-state index contributed by atoms with van der Waals surface area (Å²) >= 11 is 0. The Morgan fingerprint density at radius 2 is 1.32 bits per heavy atom. The van der Waals surface area contributed by atoms with Crippen LogP contribution in [0.2, 0.25) is 0 Å². The lowest BCUT2D eigenvalue weighted by molar-refractivity contribution is -0.161. The SMILES string of the molecule is CCCCC/C=C\C/C=C\C/C=C\C=C\C(=O)CCCC(=O)O[C@@H](CO)COC(=O)CCCCCCCCCCC(C)CC. The van der Waals surface area contributed by atoms with E-state index in [0.717, 1.165) is 44.4 Å². The van der Waals surface area contributed by atoms with Crippen molar-refractivity contribution < 1.29 is 29.0 Å². The summed E-state index contributed by atoms with van der Waals surface area (Å²) < 4.78 is 10.4. The minimum Gasteiger partial charge on any atom is -0.462 e. The molecule has 0 aliphatic heterocycles. The summed E-state index contributed by atoms with van der Waals surface area (Å²) in [6, 6.07) is 0. The van der Waals surface area contributed by atoms with E-state index in [1.54, 1.807) is 6.08 Å². The number of hydrogen-bond donors (Lipinski definition) is 1. The molecule has 0 amide bonds. The van der Waals surface area contributed by atoms with Gasteiger partial charge in [-0.1, -0.05) is 134 Å². The zero-order valence-corrected chi connectivity index (χ0v) is 28.3. The van der Waals surface area contributed by atoms with Gasteiger partial charge in [0.15, 0.2) is 11.9 Å². The minimum absolute atomic E-state index is 0.0593. The van der Waals surface area contributed by atoms with Gasteiger partial charge in [0, 0.05) is 19.3 Å². The van der Waals surface area contributed by atoms with Gasteiger partial charge in [-0.25, -0.2) is 0 Å². The molecule has 0 rings (SSSR count). The molecule has 0 spiro atoms. The maximum Gasteiger partial charge on any atom is 0.306 e. The summed E-state index contributed by atoms with van der Waals surface area (Å²) in [6.45, 7) is 6.21. The molecular formula is C38H64O6. The summed E-state index contributed by atoms with van der Waals surface area (Å²) in [4.78, 5) is 36.1. The van der Waals surface area contributed by atoms with Crippen molar-refractivity contribution >= 4 is 17.7 Å². The van der Waals surface area contributed by atoms with Crippen LogP contribution >= 0.6 is 0 Å². The maximum absolute atomic E-state index is 12.1. The number of carbonyl (C=O) groups is 3. The fraction of sp³-hybridized carbons (Fsp3) is 0.711. The number of ether oxygens (including phenoxy) is 2. The Kier molecular flexibility index (Phi) is 30.1. The monoisotopic (exact) mass is 616 g/mol. The molecule has 1 unspecified atom stereocenters. The van der Waals surface area contributed by atoms with E-state index in [4.69, 9.17) is 9.47 Å². The fourth-order valence-corrected chi connectivity index (χ4v) is 4.54. The highest BCUT2D eigenvalue weighted by Gasteiger charge is 2.16. The van der Waals surface area contributed by atoms with E-state index in [1.165, 1.54) is 70.3 Å². The summed E-state index contributed by atoms with van der Waals surface area (Å²) in [5, 5.41) is 9.50. The molecule has 252 valence electrons. The lowest BCUT2D eigenvalue weighted by Crippen LogP contribution is -2.28. The van der Waals surface area contributed by atoms with Gasteiger partial charge in [0.2, 0.25) is 0 Å². The molecule has 6 heteroatoms. The topological polar surface area (TPSA) is 89.9 Å². The first-order chi connectivity index (χ1) is 21.4. The van der Waals surface area contributed by atoms with Crippen LogP contribution in [0.3, 0.4) is 0 Å². The predicted octanol–water partition coefficient (Wildman–Crippen LogP) is 9.71. The first-order valence-corrected chi connectivity index (χ1v) is 17.5. The van der Waals surface area contributed by atoms with Crippen LogP contribution < -0.4 is 0 Å². The highest BCUT2D eigenvalue weighted by atomic mass is 16.6. The van der Waals surface area contributed by atoms with Gasteiger partial charge in [-0.3, -0.25) is 14.4 Å². The number of unbranched alkanes of at least 4 members (excludes halogenated alkanes) is 10. The smallest absolute Gasteiger partial charge is 0.306 e. The predicted molar refractivity (Wildman–Crippen MR) is 182 cm³/mol. The molecule has 1 N–H and O–H groups in total. The van der Waals surface area contributed by atoms with Gasteiger partial charge in [0.25, 0.3) is 0 Å². The van der Waals surface area contributed by atoms with Gasteiger partial charge in [-0.15, -0.1) is 0 Å². The van der Waals surface area contributed by atoms with Crippen molar-refractivity contribution in [2.24, 2.45) is 5.92 Å². The van der Waals surface area contributed by atoms with E-state index in [1.807, 2.05) is 12.2 Å². The van der Waals surface area contributed by atoms with Crippen molar-refractivity contribution in [3.05, 3.63) is 48.6 Å². The fourth-order valence-electron chi connectivity index (χ4n) is 4.54. The molecule has 0 fully saturated rings. The van der Waals surface area contributed by atoms with Crippen molar-refractivity contribution in [3.63, 3.8) is 0 Å². The Morgan fingerprint density at radius 1 is 0.682 bits per heavy atom. The number of esters is 2. The summed E-state index contributed by atoms with van der Waals surface area (Å²) in [5.41, 5.74) is 0. The number of aliphatic hydroxyl groups excluding tert-OH is 1. The first kappa shape index (κ1) is 41.5. The largest absolute Gasteiger partial charge is 0.462 e. The molecule has 0 saturated heterocycles. The summed E-state index contributed by atoms with van der Waals surface area (Å²) in [5.74, 6) is -0.0687. The lowest BCUT2D eigenvalue weighted by Gasteiger charge is -2.15. The van der Waals surface area contributed by atoms with Crippen LogP contribution in [0.15, 0.2) is 48.6 Å². The normalized spacial score (nSPS) is 13.4. The molecule has 6 nitrogen and oxygen atoms in total. The Bertz CT molecular complexity index is 825. The average Bonchev–Trinajstić information content (AvgIpc) is 3.02. The van der Waals surface area contributed by atoms with Crippen LogP contribution in [-0.4, -0.2) is 42.1 Å². The highest BCUT2D eigenvalue weighted by molar-refractivity contribution is 5.90. The van der Waals surface area contributed by atoms with Crippen LogP contribution in [0.1, 0.15) is 149 Å². The molecule has 0 aliphatic rings. The highest BCUT2D eigenvalue weighted by Crippen LogP contribution is 2.15. The van der Waals surface area contributed by atoms with Crippen molar-refractivity contribution in [2.45, 2.75) is 155 Å². The molecule has 0 aromatic carbocycles. The Hall–Kier alpha value is -2.47. The molecule has 2 atom stereocenters. The van der Waals surface area contributed by atoms with Gasteiger partial charge in [-0.05, 0) is 50.5 Å². The second-order valence-electron chi connectivity index (χ2n) is 11.9. The Balaban J connectivity index is 3.84. The quantitative estimate of drug-likeness (QED) is 0.0284. The van der Waals surface area contributed by atoms with Gasteiger partial charge in [0.1, 0.15) is 6.61 Å². The van der Waals surface area contributed by atoms with Gasteiger partial charge in [0.05, 0.1) is 6.61 Å². The molecular weight excluding hydrogens is 552 g/mol. The average molecular weight is 617 g/mol. The van der Waals surface area contributed by atoms with Crippen molar-refractivity contribution in [1.82, 2.24) is 0 Å². The Morgan fingerprint density at radius 3 is 2.00 bits per heavy atom. The molecule has 0 saturated carbocycles. The number of aliphatic hydroxyl groups is 1. The lowest BCUT2D eigenvalue weighted by atomic mass is 9.99. The Labute approximate surface area is 269 Å². The van der Waals surface area contributed by atoms with E-state index in [2.05, 4.69) is 45.1 Å². The third-order valence-electron chi connectivity index (χ3n) is 7.64. The number of hydrogen-bond acceptors (Lipinski definition) is 6. The second kappa shape index (κ2) is 31.9. The van der Waals surface area contributed by atoms with E-state index in [-0.39, 0.29) is 31.2 Å². The first-order valence-electron chi connectivity index (χ1n) is 17.5. The van der Waals surface area contributed by atoms with Crippen LogP contribution in [0.25, 0.3) is 0 Å². The van der Waals surface area contributed by atoms with Crippen molar-refractivity contribution in [1.29, 1.82) is 0 Å². The van der Waals surface area contributed by atoms with Gasteiger partial charge in [-0.2, -0.15) is 0 Å². The standard InChI is InChI=1S/C38H64O6/c1-4-6-7-8-9-10-11-12-13-14-18-21-24-28-35(40)29-26-31-38(42)44-36(32-39)33-43-37(41)30-25-22-19-16-15-17-20-23-27-34(3)5-2/h9-10,12-13,18,21,24,28,34,36,39H,4-8,11,14-17,19-20,22-23,25-27,29-33H2,1-3H3/b10-9-,13-12-,21-18-,28-24+/t34?,36-/m0/s1. The minimum atomic E-state index is -0.886. The molecule has 0 aromatic heterocycles. The van der Waals surface area contributed by atoms with E-state index in [9.17, 15) is 19.5 Å². The summed E-state index contributed by atoms with van der Waals surface area (Å²) in [6.07, 6.45) is 34.5. The number of allylic oxidation sites excluding steroid dienone is 8.